The molecule has 0 atom stereocenters. The lowest BCUT2D eigenvalue weighted by Crippen LogP contribution is -2.01. The molecule has 0 N–H and O–H groups in total. The molecule has 0 saturated carbocycles. The van der Waals surface area contributed by atoms with Crippen molar-refractivity contribution in [1.82, 2.24) is 9.13 Å². The Bertz CT molecular complexity index is 2880. The highest BCUT2D eigenvalue weighted by atomic mass is 16.3. The van der Waals surface area contributed by atoms with Gasteiger partial charge < -0.3 is 13.6 Å². The van der Waals surface area contributed by atoms with Gasteiger partial charge >= 0.3 is 0 Å². The molecule has 0 fully saturated rings. The van der Waals surface area contributed by atoms with Crippen molar-refractivity contribution < 1.29 is 4.42 Å². The highest BCUT2D eigenvalue weighted by molar-refractivity contribution is 6.27. The van der Waals surface area contributed by atoms with Gasteiger partial charge in [0.15, 0.2) is 0 Å². The molecule has 10 rings (SSSR count). The average Bonchev–Trinajstić information content (AvgIpc) is 3.79. The van der Waals surface area contributed by atoms with Gasteiger partial charge in [-0.25, -0.2) is 4.85 Å². The second-order valence-electron chi connectivity index (χ2n) is 12.0. The Morgan fingerprint density at radius 3 is 1.77 bits per heavy atom. The summed E-state index contributed by atoms with van der Waals surface area (Å²) in [6.45, 7) is 8.30. The Morgan fingerprint density at radius 2 is 1.02 bits per heavy atom. The molecule has 4 heteroatoms. The Labute approximate surface area is 269 Å². The van der Waals surface area contributed by atoms with Gasteiger partial charge in [-0.3, -0.25) is 0 Å². The fourth-order valence-corrected chi connectivity index (χ4v) is 7.67. The molecular weight excluding hydrogens is 574 g/mol. The van der Waals surface area contributed by atoms with Crippen molar-refractivity contribution in [3.05, 3.63) is 163 Å². The van der Waals surface area contributed by atoms with E-state index in [2.05, 4.69) is 141 Å². The number of nitrogens with zero attached hydrogens (tertiary/aromatic N) is 3. The van der Waals surface area contributed by atoms with Gasteiger partial charge in [-0.15, -0.1) is 0 Å². The van der Waals surface area contributed by atoms with Crippen LogP contribution in [0.3, 0.4) is 0 Å². The van der Waals surface area contributed by atoms with Crippen LogP contribution in [0.25, 0.3) is 92.9 Å². The van der Waals surface area contributed by atoms with E-state index >= 15 is 0 Å². The van der Waals surface area contributed by atoms with Crippen molar-refractivity contribution in [2.75, 3.05) is 0 Å². The number of fused-ring (bicyclic) bond motifs is 10. The van der Waals surface area contributed by atoms with E-state index in [1.165, 1.54) is 21.5 Å². The monoisotopic (exact) mass is 599 g/mol. The number of hydrogen-bond donors (Lipinski definition) is 0. The summed E-state index contributed by atoms with van der Waals surface area (Å²) >= 11 is 0. The van der Waals surface area contributed by atoms with Gasteiger partial charge in [0.2, 0.25) is 5.69 Å². The maximum atomic E-state index is 8.30. The molecule has 218 valence electrons. The van der Waals surface area contributed by atoms with Crippen molar-refractivity contribution >= 4 is 71.2 Å². The second-order valence-corrected chi connectivity index (χ2v) is 12.0. The first-order chi connectivity index (χ1) is 23.3. The van der Waals surface area contributed by atoms with E-state index in [1.54, 1.807) is 0 Å². The van der Waals surface area contributed by atoms with E-state index in [9.17, 15) is 0 Å². The van der Waals surface area contributed by atoms with Gasteiger partial charge in [-0.1, -0.05) is 109 Å². The Morgan fingerprint density at radius 1 is 0.426 bits per heavy atom. The molecule has 0 aliphatic rings. The number of aromatic nitrogens is 2. The van der Waals surface area contributed by atoms with Crippen LogP contribution < -0.4 is 0 Å². The lowest BCUT2D eigenvalue weighted by atomic mass is 9.99. The molecule has 0 spiro atoms. The first kappa shape index (κ1) is 25.7. The normalized spacial score (nSPS) is 11.8. The average molecular weight is 600 g/mol. The van der Waals surface area contributed by atoms with Gasteiger partial charge in [-0.2, -0.15) is 0 Å². The molecule has 3 heterocycles. The minimum atomic E-state index is 0.609. The number of benzene rings is 7. The summed E-state index contributed by atoms with van der Waals surface area (Å²) in [6, 6.07) is 52.8. The van der Waals surface area contributed by atoms with E-state index in [0.717, 1.165) is 66.5 Å². The summed E-state index contributed by atoms with van der Waals surface area (Å²) in [5.74, 6) is 0. The van der Waals surface area contributed by atoms with Crippen molar-refractivity contribution in [3.63, 3.8) is 0 Å². The van der Waals surface area contributed by atoms with Crippen LogP contribution in [0, 0.1) is 6.57 Å². The Kier molecular flexibility index (Phi) is 5.32. The zero-order valence-electron chi connectivity index (χ0n) is 25.2. The summed E-state index contributed by atoms with van der Waals surface area (Å²) in [6.07, 6.45) is 0. The molecule has 0 aliphatic heterocycles. The first-order valence-corrected chi connectivity index (χ1v) is 15.7. The van der Waals surface area contributed by atoms with Crippen LogP contribution in [0.4, 0.5) is 5.69 Å². The van der Waals surface area contributed by atoms with E-state index in [1.807, 2.05) is 24.3 Å². The standard InChI is InChI=1S/C43H25N3O/c1-44-33-19-12-18-30(43(33)46-35-21-8-2-13-27(35)28-14-3-9-22-36(28)46)29-15-4-7-20-34(29)45-37-23-10-5-16-31(37)41-38(45)25-26-40-42(41)32-17-6-11-24-39(32)47-40/h2-26H. The summed E-state index contributed by atoms with van der Waals surface area (Å²) in [4.78, 5) is 4.09. The van der Waals surface area contributed by atoms with Crippen LogP contribution >= 0.6 is 0 Å². The molecule has 0 unspecified atom stereocenters. The zero-order chi connectivity index (χ0) is 31.1. The molecule has 7 aromatic carbocycles. The second kappa shape index (κ2) is 9.71. The fraction of sp³-hybridized carbons (Fsp3) is 0. The van der Waals surface area contributed by atoms with Crippen LogP contribution in [-0.4, -0.2) is 9.13 Å². The molecule has 47 heavy (non-hydrogen) atoms. The largest absolute Gasteiger partial charge is 0.456 e. The summed E-state index contributed by atoms with van der Waals surface area (Å²) in [7, 11) is 0. The van der Waals surface area contributed by atoms with Crippen molar-refractivity contribution in [3.8, 4) is 22.5 Å². The first-order valence-electron chi connectivity index (χ1n) is 15.7. The number of rotatable bonds is 3. The van der Waals surface area contributed by atoms with Gasteiger partial charge in [0, 0.05) is 37.9 Å². The quantitative estimate of drug-likeness (QED) is 0.186. The molecule has 4 nitrogen and oxygen atoms in total. The third-order valence-electron chi connectivity index (χ3n) is 9.55. The van der Waals surface area contributed by atoms with Crippen molar-refractivity contribution in [2.24, 2.45) is 0 Å². The summed E-state index contributed by atoms with van der Waals surface area (Å²) < 4.78 is 11.0. The predicted octanol–water partition coefficient (Wildman–Crippen LogP) is 12.0. The van der Waals surface area contributed by atoms with Crippen LogP contribution in [0.1, 0.15) is 0 Å². The van der Waals surface area contributed by atoms with Gasteiger partial charge in [0.1, 0.15) is 11.2 Å². The maximum absolute atomic E-state index is 8.30. The van der Waals surface area contributed by atoms with E-state index in [4.69, 9.17) is 11.0 Å². The minimum Gasteiger partial charge on any atom is -0.456 e. The predicted molar refractivity (Wildman–Crippen MR) is 194 cm³/mol. The van der Waals surface area contributed by atoms with Crippen LogP contribution in [0.5, 0.6) is 0 Å². The Balaban J connectivity index is 1.34. The Hall–Kier alpha value is -6.57. The van der Waals surface area contributed by atoms with Gasteiger partial charge in [-0.05, 0) is 48.0 Å². The topological polar surface area (TPSA) is 27.4 Å². The lowest BCUT2D eigenvalue weighted by molar-refractivity contribution is 0.669. The van der Waals surface area contributed by atoms with Crippen LogP contribution in [0.2, 0.25) is 0 Å². The third-order valence-corrected chi connectivity index (χ3v) is 9.55. The van der Waals surface area contributed by atoms with Crippen LogP contribution in [0.15, 0.2) is 156 Å². The van der Waals surface area contributed by atoms with Crippen molar-refractivity contribution in [2.45, 2.75) is 0 Å². The highest BCUT2D eigenvalue weighted by Crippen LogP contribution is 2.45. The molecular formula is C43H25N3O. The number of hydrogen-bond acceptors (Lipinski definition) is 1. The smallest absolute Gasteiger partial charge is 0.211 e. The molecule has 10 aromatic rings. The van der Waals surface area contributed by atoms with Crippen LogP contribution in [-0.2, 0) is 0 Å². The number of para-hydroxylation sites is 6. The van der Waals surface area contributed by atoms with Gasteiger partial charge in [0.25, 0.3) is 0 Å². The third kappa shape index (κ3) is 3.51. The molecule has 0 radical (unpaired) electrons. The minimum absolute atomic E-state index is 0.609. The molecule has 0 aliphatic carbocycles. The molecule has 3 aromatic heterocycles. The highest BCUT2D eigenvalue weighted by Gasteiger charge is 2.23. The van der Waals surface area contributed by atoms with E-state index in [0.29, 0.717) is 5.69 Å². The lowest BCUT2D eigenvalue weighted by Gasteiger charge is -2.19. The van der Waals surface area contributed by atoms with E-state index < -0.39 is 0 Å². The summed E-state index contributed by atoms with van der Waals surface area (Å²) in [5.41, 5.74) is 10.8. The van der Waals surface area contributed by atoms with Gasteiger partial charge in [0.05, 0.1) is 40.0 Å². The van der Waals surface area contributed by atoms with E-state index in [-0.39, 0.29) is 0 Å². The fourth-order valence-electron chi connectivity index (χ4n) is 7.67. The molecule has 0 amide bonds. The number of furan rings is 1. The molecule has 0 bridgehead atoms. The SMILES string of the molecule is [C-]#[N+]c1cccc(-c2ccccc2-n2c3ccccc3c3c4c(ccc32)oc2ccccc24)c1-n1c2ccccc2c2ccccc21. The molecule has 0 saturated heterocycles. The summed E-state index contributed by atoms with van der Waals surface area (Å²) in [5, 5.41) is 6.93. The van der Waals surface area contributed by atoms with Crippen molar-refractivity contribution in [1.29, 1.82) is 0 Å². The maximum Gasteiger partial charge on any atom is 0.211 e. The zero-order valence-corrected chi connectivity index (χ0v) is 25.2.